The van der Waals surface area contributed by atoms with Gasteiger partial charge in [0, 0.05) is 44.8 Å². The number of pyridine rings is 1. The van der Waals surface area contributed by atoms with Crippen LogP contribution in [-0.2, 0) is 11.3 Å². The second-order valence-corrected chi connectivity index (χ2v) is 6.46. The van der Waals surface area contributed by atoms with Gasteiger partial charge in [-0.2, -0.15) is 0 Å². The largest absolute Gasteiger partial charge is 0.340 e. The molecule has 2 N–H and O–H groups in total. The summed E-state index contributed by atoms with van der Waals surface area (Å²) in [5.74, 6) is 0.914. The molecule has 2 atom stereocenters. The molecule has 1 amide bonds. The van der Waals surface area contributed by atoms with Crippen LogP contribution < -0.4 is 5.73 Å². The Morgan fingerprint density at radius 1 is 1.23 bits per heavy atom. The highest BCUT2D eigenvalue weighted by Crippen LogP contribution is 2.32. The van der Waals surface area contributed by atoms with Gasteiger partial charge >= 0.3 is 0 Å². The molecule has 0 aromatic carbocycles. The summed E-state index contributed by atoms with van der Waals surface area (Å²) in [4.78, 5) is 21.5. The van der Waals surface area contributed by atoms with Crippen molar-refractivity contribution in [3.63, 3.8) is 0 Å². The zero-order chi connectivity index (χ0) is 15.4. The van der Waals surface area contributed by atoms with E-state index in [1.54, 1.807) is 0 Å². The fourth-order valence-corrected chi connectivity index (χ4v) is 3.73. The van der Waals surface area contributed by atoms with Crippen LogP contribution in [0.2, 0.25) is 0 Å². The molecule has 2 aliphatic rings. The fourth-order valence-electron chi connectivity index (χ4n) is 3.73. The molecule has 0 spiro atoms. The first-order valence-electron chi connectivity index (χ1n) is 8.39. The number of amides is 1. The van der Waals surface area contributed by atoms with Crippen LogP contribution in [0.4, 0.5) is 0 Å². The molecule has 0 radical (unpaired) electrons. The van der Waals surface area contributed by atoms with Gasteiger partial charge in [0.2, 0.25) is 5.91 Å². The predicted molar refractivity (Wildman–Crippen MR) is 86.0 cm³/mol. The highest BCUT2D eigenvalue weighted by atomic mass is 16.2. The minimum absolute atomic E-state index is 0.173. The van der Waals surface area contributed by atoms with E-state index >= 15 is 0 Å². The van der Waals surface area contributed by atoms with Gasteiger partial charge in [-0.25, -0.2) is 0 Å². The van der Waals surface area contributed by atoms with Gasteiger partial charge in [-0.15, -0.1) is 0 Å². The second kappa shape index (κ2) is 7.20. The quantitative estimate of drug-likeness (QED) is 0.905. The fraction of sp³-hybridized carbons (Fsp3) is 0.647. The minimum Gasteiger partial charge on any atom is -0.340 e. The van der Waals surface area contributed by atoms with E-state index in [4.69, 9.17) is 5.73 Å². The molecule has 1 aromatic rings. The number of hydrogen-bond donors (Lipinski definition) is 1. The summed E-state index contributed by atoms with van der Waals surface area (Å²) in [6, 6.07) is 6.02. The van der Waals surface area contributed by atoms with E-state index in [0.29, 0.717) is 18.4 Å². The summed E-state index contributed by atoms with van der Waals surface area (Å²) in [5.41, 5.74) is 6.91. The van der Waals surface area contributed by atoms with E-state index in [9.17, 15) is 4.79 Å². The standard InChI is InChI=1S/C17H26N4O/c18-12-14-4-3-6-16(14)17(22)21-10-8-20(9-11-21)13-15-5-1-2-7-19-15/h1-2,5,7,14,16H,3-4,6,8-13,18H2/t14-,16-/m1/s1. The number of carbonyl (C=O) groups is 1. The molecule has 2 heterocycles. The Bertz CT molecular complexity index is 485. The molecule has 2 fully saturated rings. The molecule has 5 nitrogen and oxygen atoms in total. The summed E-state index contributed by atoms with van der Waals surface area (Å²) in [7, 11) is 0. The Kier molecular flexibility index (Phi) is 5.05. The maximum absolute atomic E-state index is 12.7. The van der Waals surface area contributed by atoms with Crippen molar-refractivity contribution in [2.75, 3.05) is 32.7 Å². The monoisotopic (exact) mass is 302 g/mol. The van der Waals surface area contributed by atoms with Crippen molar-refractivity contribution in [2.45, 2.75) is 25.8 Å². The molecule has 0 unspecified atom stereocenters. The van der Waals surface area contributed by atoms with E-state index in [0.717, 1.165) is 57.7 Å². The number of piperazine rings is 1. The van der Waals surface area contributed by atoms with Crippen LogP contribution >= 0.6 is 0 Å². The molecule has 5 heteroatoms. The smallest absolute Gasteiger partial charge is 0.226 e. The summed E-state index contributed by atoms with van der Waals surface area (Å²) in [6.45, 7) is 5.05. The average molecular weight is 302 g/mol. The van der Waals surface area contributed by atoms with Crippen LogP contribution in [-0.4, -0.2) is 53.4 Å². The normalized spacial score (nSPS) is 26.3. The Morgan fingerprint density at radius 3 is 2.73 bits per heavy atom. The number of aromatic nitrogens is 1. The molecular formula is C17H26N4O. The summed E-state index contributed by atoms with van der Waals surface area (Å²) >= 11 is 0. The zero-order valence-electron chi connectivity index (χ0n) is 13.2. The van der Waals surface area contributed by atoms with Crippen LogP contribution in [0.3, 0.4) is 0 Å². The van der Waals surface area contributed by atoms with Crippen LogP contribution in [0.25, 0.3) is 0 Å². The molecule has 3 rings (SSSR count). The van der Waals surface area contributed by atoms with Gasteiger partial charge in [-0.1, -0.05) is 12.5 Å². The Hall–Kier alpha value is -1.46. The average Bonchev–Trinajstić information content (AvgIpc) is 3.04. The molecular weight excluding hydrogens is 276 g/mol. The van der Waals surface area contributed by atoms with Crippen LogP contribution in [0.15, 0.2) is 24.4 Å². The highest BCUT2D eigenvalue weighted by molar-refractivity contribution is 5.79. The lowest BCUT2D eigenvalue weighted by Gasteiger charge is -2.36. The number of carbonyl (C=O) groups excluding carboxylic acids is 1. The minimum atomic E-state index is 0.173. The van der Waals surface area contributed by atoms with Gasteiger partial charge in [0.25, 0.3) is 0 Å². The molecule has 120 valence electrons. The van der Waals surface area contributed by atoms with Crippen molar-refractivity contribution in [3.8, 4) is 0 Å². The van der Waals surface area contributed by atoms with Gasteiger partial charge in [-0.3, -0.25) is 14.7 Å². The summed E-state index contributed by atoms with van der Waals surface area (Å²) < 4.78 is 0. The molecule has 1 saturated heterocycles. The van der Waals surface area contributed by atoms with Crippen molar-refractivity contribution in [1.82, 2.24) is 14.8 Å². The predicted octanol–water partition coefficient (Wildman–Crippen LogP) is 1.10. The molecule has 1 aliphatic heterocycles. The van der Waals surface area contributed by atoms with E-state index < -0.39 is 0 Å². The third kappa shape index (κ3) is 3.47. The van der Waals surface area contributed by atoms with Crippen molar-refractivity contribution in [3.05, 3.63) is 30.1 Å². The van der Waals surface area contributed by atoms with E-state index in [1.165, 1.54) is 0 Å². The number of rotatable bonds is 4. The molecule has 22 heavy (non-hydrogen) atoms. The zero-order valence-corrected chi connectivity index (χ0v) is 13.2. The van der Waals surface area contributed by atoms with Crippen molar-refractivity contribution < 1.29 is 4.79 Å². The number of nitrogens with zero attached hydrogens (tertiary/aromatic N) is 3. The lowest BCUT2D eigenvalue weighted by atomic mass is 9.94. The van der Waals surface area contributed by atoms with Gasteiger partial charge in [0.05, 0.1) is 5.69 Å². The summed E-state index contributed by atoms with van der Waals surface area (Å²) in [6.07, 6.45) is 5.13. The highest BCUT2D eigenvalue weighted by Gasteiger charge is 2.35. The molecule has 1 aromatic heterocycles. The van der Waals surface area contributed by atoms with Gasteiger partial charge in [-0.05, 0) is 37.4 Å². The topological polar surface area (TPSA) is 62.5 Å². The first kappa shape index (κ1) is 15.4. The van der Waals surface area contributed by atoms with Crippen molar-refractivity contribution in [2.24, 2.45) is 17.6 Å². The van der Waals surface area contributed by atoms with Crippen molar-refractivity contribution >= 4 is 5.91 Å². The maximum atomic E-state index is 12.7. The lowest BCUT2D eigenvalue weighted by Crippen LogP contribution is -2.50. The Labute approximate surface area is 132 Å². The first-order chi connectivity index (χ1) is 10.8. The van der Waals surface area contributed by atoms with E-state index in [-0.39, 0.29) is 5.92 Å². The van der Waals surface area contributed by atoms with Crippen LogP contribution in [0, 0.1) is 11.8 Å². The molecule has 1 aliphatic carbocycles. The SMILES string of the molecule is NC[C@H]1CCC[C@H]1C(=O)N1CCN(Cc2ccccn2)CC1. The third-order valence-electron chi connectivity index (χ3n) is 5.07. The Balaban J connectivity index is 1.50. The Morgan fingerprint density at radius 2 is 2.05 bits per heavy atom. The van der Waals surface area contributed by atoms with Gasteiger partial charge in [0.1, 0.15) is 0 Å². The van der Waals surface area contributed by atoms with Crippen LogP contribution in [0.1, 0.15) is 25.0 Å². The lowest BCUT2D eigenvalue weighted by molar-refractivity contribution is -0.138. The molecule has 0 bridgehead atoms. The maximum Gasteiger partial charge on any atom is 0.226 e. The first-order valence-corrected chi connectivity index (χ1v) is 8.39. The van der Waals surface area contributed by atoms with E-state index in [1.807, 2.05) is 23.2 Å². The van der Waals surface area contributed by atoms with Crippen molar-refractivity contribution in [1.29, 1.82) is 0 Å². The van der Waals surface area contributed by atoms with E-state index in [2.05, 4.69) is 16.0 Å². The summed E-state index contributed by atoms with van der Waals surface area (Å²) in [5, 5.41) is 0. The third-order valence-corrected chi connectivity index (χ3v) is 5.07. The molecule has 1 saturated carbocycles. The van der Waals surface area contributed by atoms with Crippen LogP contribution in [0.5, 0.6) is 0 Å². The second-order valence-electron chi connectivity index (χ2n) is 6.46. The van der Waals surface area contributed by atoms with Gasteiger partial charge < -0.3 is 10.6 Å². The number of hydrogen-bond acceptors (Lipinski definition) is 4. The number of nitrogens with two attached hydrogens (primary N) is 1. The van der Waals surface area contributed by atoms with Gasteiger partial charge in [0.15, 0.2) is 0 Å².